The van der Waals surface area contributed by atoms with E-state index in [0.717, 1.165) is 12.1 Å². The van der Waals surface area contributed by atoms with Gasteiger partial charge in [0.25, 0.3) is 15.7 Å². The number of hydrogen-bond acceptors (Lipinski definition) is 7. The molecule has 158 valence electrons. The second-order valence-electron chi connectivity index (χ2n) is 6.35. The lowest BCUT2D eigenvalue weighted by Gasteiger charge is -2.08. The molecular weight excluding hydrogens is 424 g/mol. The molecule has 0 aromatic heterocycles. The number of carbonyl (C=O) groups excluding carboxylic acids is 1. The number of nitro benzene ring substituents is 1. The van der Waals surface area contributed by atoms with Crippen molar-refractivity contribution in [3.05, 3.63) is 94.0 Å². The van der Waals surface area contributed by atoms with Crippen LogP contribution in [0.3, 0.4) is 0 Å². The summed E-state index contributed by atoms with van der Waals surface area (Å²) >= 11 is 0. The van der Waals surface area contributed by atoms with Gasteiger partial charge in [-0.2, -0.15) is 0 Å². The van der Waals surface area contributed by atoms with Crippen molar-refractivity contribution in [1.29, 1.82) is 0 Å². The molecule has 0 atom stereocenters. The lowest BCUT2D eigenvalue weighted by molar-refractivity contribution is -0.387. The highest BCUT2D eigenvalue weighted by molar-refractivity contribution is 7.92. The van der Waals surface area contributed by atoms with Gasteiger partial charge in [-0.1, -0.05) is 24.3 Å². The summed E-state index contributed by atoms with van der Waals surface area (Å²) in [6.45, 7) is 0. The van der Waals surface area contributed by atoms with Crippen molar-refractivity contribution in [1.82, 2.24) is 0 Å². The molecule has 31 heavy (non-hydrogen) atoms. The summed E-state index contributed by atoms with van der Waals surface area (Å²) in [7, 11) is -4.21. The zero-order valence-corrected chi connectivity index (χ0v) is 16.6. The number of phenols is 2. The largest absolute Gasteiger partial charge is 0.504 e. The molecule has 0 radical (unpaired) electrons. The van der Waals surface area contributed by atoms with Crippen LogP contribution >= 0.6 is 0 Å². The predicted octanol–water partition coefficient (Wildman–Crippen LogP) is 3.70. The molecule has 9 nitrogen and oxygen atoms in total. The minimum atomic E-state index is -4.21. The SMILES string of the molecule is O=C(C=Cc1ccc(O)c(O)c1)c1ccc(NS(=O)(=O)c2ccccc2[N+](=O)[O-])cc1. The summed E-state index contributed by atoms with van der Waals surface area (Å²) in [5, 5.41) is 29.9. The molecule has 0 saturated carbocycles. The third-order valence-electron chi connectivity index (χ3n) is 4.20. The molecule has 0 spiro atoms. The van der Waals surface area contributed by atoms with E-state index < -0.39 is 25.5 Å². The van der Waals surface area contributed by atoms with Crippen molar-refractivity contribution in [3.63, 3.8) is 0 Å². The van der Waals surface area contributed by atoms with E-state index in [9.17, 15) is 33.5 Å². The summed E-state index contributed by atoms with van der Waals surface area (Å²) in [5.41, 5.74) is 0.347. The van der Waals surface area contributed by atoms with Gasteiger partial charge in [0.2, 0.25) is 0 Å². The lowest BCUT2D eigenvalue weighted by Crippen LogP contribution is -2.14. The van der Waals surface area contributed by atoms with Gasteiger partial charge in [0.1, 0.15) is 0 Å². The molecule has 0 saturated heterocycles. The molecule has 3 aromatic rings. The van der Waals surface area contributed by atoms with E-state index in [0.29, 0.717) is 5.56 Å². The molecule has 0 aliphatic carbocycles. The van der Waals surface area contributed by atoms with Gasteiger partial charge in [0.15, 0.2) is 22.2 Å². The van der Waals surface area contributed by atoms with Crippen LogP contribution in [0, 0.1) is 10.1 Å². The van der Waals surface area contributed by atoms with Crippen LogP contribution in [0.15, 0.2) is 77.7 Å². The standard InChI is InChI=1S/C21H16N2O7S/c24-18(11-5-14-6-12-19(25)20(26)13-14)15-7-9-16(10-8-15)22-31(29,30)21-4-2-1-3-17(21)23(27)28/h1-13,22,25-26H. The van der Waals surface area contributed by atoms with Crippen molar-refractivity contribution in [3.8, 4) is 11.5 Å². The fourth-order valence-electron chi connectivity index (χ4n) is 2.66. The maximum atomic E-state index is 12.5. The van der Waals surface area contributed by atoms with Gasteiger partial charge in [-0.15, -0.1) is 0 Å². The highest BCUT2D eigenvalue weighted by Gasteiger charge is 2.25. The monoisotopic (exact) mass is 440 g/mol. The van der Waals surface area contributed by atoms with Crippen molar-refractivity contribution in [2.24, 2.45) is 0 Å². The fourth-order valence-corrected chi connectivity index (χ4v) is 3.89. The van der Waals surface area contributed by atoms with E-state index >= 15 is 0 Å². The Balaban J connectivity index is 1.75. The summed E-state index contributed by atoms with van der Waals surface area (Å²) < 4.78 is 27.3. The number of aromatic hydroxyl groups is 2. The molecule has 3 N–H and O–H groups in total. The van der Waals surface area contributed by atoms with Crippen molar-refractivity contribution >= 4 is 33.3 Å². The van der Waals surface area contributed by atoms with E-state index in [1.807, 2.05) is 0 Å². The summed E-state index contributed by atoms with van der Waals surface area (Å²) in [6.07, 6.45) is 2.71. The predicted molar refractivity (Wildman–Crippen MR) is 113 cm³/mol. The smallest absolute Gasteiger partial charge is 0.289 e. The third-order valence-corrected chi connectivity index (χ3v) is 5.63. The van der Waals surface area contributed by atoms with Crippen LogP contribution in [0.1, 0.15) is 15.9 Å². The zero-order chi connectivity index (χ0) is 22.6. The molecule has 0 aliphatic heterocycles. The molecule has 10 heteroatoms. The molecule has 0 fully saturated rings. The van der Waals surface area contributed by atoms with Crippen LogP contribution in [-0.2, 0) is 10.0 Å². The average molecular weight is 440 g/mol. The van der Waals surface area contributed by atoms with Crippen LogP contribution < -0.4 is 4.72 Å². The molecule has 0 amide bonds. The minimum Gasteiger partial charge on any atom is -0.504 e. The van der Waals surface area contributed by atoms with Crippen molar-refractivity contribution < 1.29 is 28.3 Å². The first kappa shape index (κ1) is 21.5. The van der Waals surface area contributed by atoms with Crippen LogP contribution in [0.4, 0.5) is 11.4 Å². The fraction of sp³-hybridized carbons (Fsp3) is 0. The number of phenolic OH excluding ortho intramolecular Hbond substituents is 2. The molecule has 0 heterocycles. The minimum absolute atomic E-state index is 0.127. The van der Waals surface area contributed by atoms with Crippen LogP contribution in [0.2, 0.25) is 0 Å². The Hall–Kier alpha value is -4.18. The Morgan fingerprint density at radius 3 is 2.29 bits per heavy atom. The third kappa shape index (κ3) is 5.06. The summed E-state index contributed by atoms with van der Waals surface area (Å²) in [5.74, 6) is -0.965. The van der Waals surface area contributed by atoms with E-state index in [4.69, 9.17) is 0 Å². The van der Waals surface area contributed by atoms with Crippen molar-refractivity contribution in [2.45, 2.75) is 4.90 Å². The maximum absolute atomic E-state index is 12.5. The number of allylic oxidation sites excluding steroid dienone is 1. The second-order valence-corrected chi connectivity index (χ2v) is 8.00. The number of nitro groups is 1. The van der Waals surface area contributed by atoms with E-state index in [1.165, 1.54) is 66.7 Å². The highest BCUT2D eigenvalue weighted by Crippen LogP contribution is 2.26. The van der Waals surface area contributed by atoms with Gasteiger partial charge in [-0.3, -0.25) is 19.6 Å². The number of ketones is 1. The first-order valence-corrected chi connectivity index (χ1v) is 10.3. The molecule has 3 aromatic carbocycles. The Morgan fingerprint density at radius 1 is 0.968 bits per heavy atom. The molecule has 0 aliphatic rings. The van der Waals surface area contributed by atoms with E-state index in [1.54, 1.807) is 0 Å². The zero-order valence-electron chi connectivity index (χ0n) is 15.8. The summed E-state index contributed by atoms with van der Waals surface area (Å²) in [4.78, 5) is 22.1. The number of rotatable bonds is 7. The topological polar surface area (TPSA) is 147 Å². The van der Waals surface area contributed by atoms with Gasteiger partial charge in [-0.25, -0.2) is 8.42 Å². The van der Waals surface area contributed by atoms with Crippen LogP contribution in [0.25, 0.3) is 6.08 Å². The van der Waals surface area contributed by atoms with Gasteiger partial charge < -0.3 is 10.2 Å². The highest BCUT2D eigenvalue weighted by atomic mass is 32.2. The second kappa shape index (κ2) is 8.67. The molecule has 0 unspecified atom stereocenters. The number of hydrogen-bond donors (Lipinski definition) is 3. The lowest BCUT2D eigenvalue weighted by atomic mass is 10.1. The van der Waals surface area contributed by atoms with E-state index in [-0.39, 0.29) is 28.5 Å². The summed E-state index contributed by atoms with van der Waals surface area (Å²) in [6, 6.07) is 14.6. The number of nitrogens with one attached hydrogen (secondary N) is 1. The Kier molecular flexibility index (Phi) is 6.02. The first-order chi connectivity index (χ1) is 14.7. The number of anilines is 1. The number of sulfonamides is 1. The van der Waals surface area contributed by atoms with Gasteiger partial charge in [0.05, 0.1) is 4.92 Å². The normalized spacial score (nSPS) is 11.4. The van der Waals surface area contributed by atoms with Crippen LogP contribution in [-0.4, -0.2) is 29.3 Å². The molecule has 3 rings (SSSR count). The quantitative estimate of drug-likeness (QED) is 0.167. The number of nitrogens with zero attached hydrogens (tertiary/aromatic N) is 1. The first-order valence-electron chi connectivity index (χ1n) is 8.78. The number of para-hydroxylation sites is 1. The number of benzene rings is 3. The van der Waals surface area contributed by atoms with Gasteiger partial charge in [-0.05, 0) is 54.1 Å². The Bertz CT molecular complexity index is 1280. The Morgan fingerprint density at radius 2 is 1.65 bits per heavy atom. The van der Waals surface area contributed by atoms with Gasteiger partial charge >= 0.3 is 0 Å². The number of carbonyl (C=O) groups is 1. The van der Waals surface area contributed by atoms with E-state index in [2.05, 4.69) is 4.72 Å². The maximum Gasteiger partial charge on any atom is 0.289 e. The van der Waals surface area contributed by atoms with Crippen LogP contribution in [0.5, 0.6) is 11.5 Å². The molecule has 0 bridgehead atoms. The molecular formula is C21H16N2O7S. The van der Waals surface area contributed by atoms with Crippen molar-refractivity contribution in [2.75, 3.05) is 4.72 Å². The Labute approximate surface area is 177 Å². The van der Waals surface area contributed by atoms with Gasteiger partial charge in [0, 0.05) is 17.3 Å². The average Bonchev–Trinajstić information content (AvgIpc) is 2.74.